The molecule has 0 rings (SSSR count). The van der Waals surface area contributed by atoms with Crippen LogP contribution in [0.3, 0.4) is 0 Å². The summed E-state index contributed by atoms with van der Waals surface area (Å²) in [5.41, 5.74) is 0. The second-order valence-corrected chi connectivity index (χ2v) is 4.65. The molecule has 0 aromatic carbocycles. The van der Waals surface area contributed by atoms with Crippen molar-refractivity contribution in [2.75, 3.05) is 20.3 Å². The van der Waals surface area contributed by atoms with E-state index in [0.717, 1.165) is 6.42 Å². The molecule has 0 amide bonds. The monoisotopic (exact) mass is 217 g/mol. The third-order valence-corrected chi connectivity index (χ3v) is 3.11. The van der Waals surface area contributed by atoms with Crippen LogP contribution in [0.1, 0.15) is 34.1 Å². The largest absolute Gasteiger partial charge is 0.395 e. The van der Waals surface area contributed by atoms with Crippen molar-refractivity contribution in [2.45, 2.75) is 46.2 Å². The van der Waals surface area contributed by atoms with Gasteiger partial charge in [0.1, 0.15) is 0 Å². The lowest BCUT2D eigenvalue weighted by Crippen LogP contribution is -2.48. The van der Waals surface area contributed by atoms with E-state index in [1.54, 1.807) is 7.11 Å². The quantitative estimate of drug-likeness (QED) is 0.649. The van der Waals surface area contributed by atoms with E-state index >= 15 is 0 Å². The summed E-state index contributed by atoms with van der Waals surface area (Å²) < 4.78 is 5.18. The van der Waals surface area contributed by atoms with Crippen molar-refractivity contribution in [3.63, 3.8) is 0 Å². The Bertz CT molecular complexity index is 151. The summed E-state index contributed by atoms with van der Waals surface area (Å²) in [5, 5.41) is 12.8. The minimum absolute atomic E-state index is 0.178. The molecule has 0 aliphatic carbocycles. The Hall–Kier alpha value is -0.120. The highest BCUT2D eigenvalue weighted by molar-refractivity contribution is 4.79. The van der Waals surface area contributed by atoms with Gasteiger partial charge in [0.05, 0.1) is 13.2 Å². The number of ether oxygens (including phenoxy) is 1. The van der Waals surface area contributed by atoms with Crippen molar-refractivity contribution < 1.29 is 9.84 Å². The van der Waals surface area contributed by atoms with Gasteiger partial charge >= 0.3 is 0 Å². The van der Waals surface area contributed by atoms with Crippen LogP contribution in [-0.2, 0) is 4.74 Å². The normalized spacial score (nSPS) is 17.8. The van der Waals surface area contributed by atoms with Crippen molar-refractivity contribution in [3.8, 4) is 0 Å². The van der Waals surface area contributed by atoms with Gasteiger partial charge in [-0.15, -0.1) is 0 Å². The van der Waals surface area contributed by atoms with E-state index in [9.17, 15) is 5.11 Å². The van der Waals surface area contributed by atoms with Crippen molar-refractivity contribution in [1.29, 1.82) is 0 Å². The van der Waals surface area contributed by atoms with Gasteiger partial charge in [-0.05, 0) is 11.8 Å². The van der Waals surface area contributed by atoms with Crippen LogP contribution in [0.4, 0.5) is 0 Å². The Labute approximate surface area is 94.2 Å². The summed E-state index contributed by atoms with van der Waals surface area (Å²) in [6.07, 6.45) is 1.08. The summed E-state index contributed by atoms with van der Waals surface area (Å²) in [4.78, 5) is 0. The number of hydrogen-bond acceptors (Lipinski definition) is 3. The number of rotatable bonds is 8. The fourth-order valence-corrected chi connectivity index (χ4v) is 1.57. The van der Waals surface area contributed by atoms with Gasteiger partial charge in [-0.3, -0.25) is 0 Å². The molecule has 0 saturated carbocycles. The highest BCUT2D eigenvalue weighted by atomic mass is 16.5. The third-order valence-electron chi connectivity index (χ3n) is 3.11. The van der Waals surface area contributed by atoms with Gasteiger partial charge in [0, 0.05) is 19.2 Å². The Morgan fingerprint density at radius 3 is 2.13 bits per heavy atom. The third kappa shape index (κ3) is 5.50. The lowest BCUT2D eigenvalue weighted by Gasteiger charge is -2.30. The number of methoxy groups -OCH3 is 1. The number of hydrogen-bond donors (Lipinski definition) is 2. The standard InChI is InChI=1S/C12H27NO2/c1-6-10(4)11(7-14)13-12(8-15-5)9(2)3/h9-14H,6-8H2,1-5H3. The van der Waals surface area contributed by atoms with Crippen LogP contribution in [0.15, 0.2) is 0 Å². The van der Waals surface area contributed by atoms with Gasteiger partial charge in [0.15, 0.2) is 0 Å². The van der Waals surface area contributed by atoms with Crippen molar-refractivity contribution in [2.24, 2.45) is 11.8 Å². The molecule has 3 heteroatoms. The summed E-state index contributed by atoms with van der Waals surface area (Å²) in [5.74, 6) is 1.01. The molecule has 2 N–H and O–H groups in total. The predicted molar refractivity (Wildman–Crippen MR) is 64.0 cm³/mol. The topological polar surface area (TPSA) is 41.5 Å². The zero-order valence-electron chi connectivity index (χ0n) is 10.8. The Morgan fingerprint density at radius 2 is 1.80 bits per heavy atom. The first kappa shape index (κ1) is 14.9. The molecular weight excluding hydrogens is 190 g/mol. The molecule has 0 bridgehead atoms. The molecule has 3 atom stereocenters. The Kier molecular flexibility index (Phi) is 8.02. The molecule has 0 spiro atoms. The van der Waals surface area contributed by atoms with E-state index in [1.165, 1.54) is 0 Å². The van der Waals surface area contributed by atoms with Crippen molar-refractivity contribution >= 4 is 0 Å². The van der Waals surface area contributed by atoms with Crippen LogP contribution in [0.2, 0.25) is 0 Å². The zero-order valence-corrected chi connectivity index (χ0v) is 10.8. The van der Waals surface area contributed by atoms with Crippen LogP contribution in [-0.4, -0.2) is 37.5 Å². The minimum Gasteiger partial charge on any atom is -0.395 e. The first-order valence-electron chi connectivity index (χ1n) is 5.92. The van der Waals surface area contributed by atoms with Gasteiger partial charge in [-0.2, -0.15) is 0 Å². The summed E-state index contributed by atoms with van der Waals surface area (Å²) in [7, 11) is 1.72. The van der Waals surface area contributed by atoms with Crippen LogP contribution in [0, 0.1) is 11.8 Å². The first-order chi connectivity index (χ1) is 7.06. The molecule has 15 heavy (non-hydrogen) atoms. The van der Waals surface area contributed by atoms with E-state index in [-0.39, 0.29) is 12.6 Å². The van der Waals surface area contributed by atoms with Crippen LogP contribution >= 0.6 is 0 Å². The van der Waals surface area contributed by atoms with Gasteiger partial charge in [-0.25, -0.2) is 0 Å². The smallest absolute Gasteiger partial charge is 0.0618 e. The molecule has 0 aliphatic heterocycles. The second kappa shape index (κ2) is 8.08. The number of aliphatic hydroxyl groups excluding tert-OH is 1. The van der Waals surface area contributed by atoms with Crippen molar-refractivity contribution in [1.82, 2.24) is 5.32 Å². The number of aliphatic hydroxyl groups is 1. The molecule has 0 fully saturated rings. The Morgan fingerprint density at radius 1 is 1.20 bits per heavy atom. The predicted octanol–water partition coefficient (Wildman–Crippen LogP) is 1.65. The number of nitrogens with one attached hydrogen (secondary N) is 1. The summed E-state index contributed by atoms with van der Waals surface area (Å²) in [6, 6.07) is 0.499. The molecular formula is C12H27NO2. The van der Waals surface area contributed by atoms with E-state index < -0.39 is 0 Å². The average Bonchev–Trinajstić information content (AvgIpc) is 2.22. The highest BCUT2D eigenvalue weighted by Gasteiger charge is 2.21. The summed E-state index contributed by atoms with van der Waals surface area (Å²) >= 11 is 0. The zero-order chi connectivity index (χ0) is 11.8. The SMILES string of the molecule is CCC(C)C(CO)NC(COC)C(C)C. The fraction of sp³-hybridized carbons (Fsp3) is 1.00. The molecule has 92 valence electrons. The van der Waals surface area contributed by atoms with Crippen molar-refractivity contribution in [3.05, 3.63) is 0 Å². The maximum absolute atomic E-state index is 9.32. The lowest BCUT2D eigenvalue weighted by molar-refractivity contribution is 0.116. The average molecular weight is 217 g/mol. The molecule has 0 saturated heterocycles. The van der Waals surface area contributed by atoms with Gasteiger partial charge in [-0.1, -0.05) is 34.1 Å². The fourth-order valence-electron chi connectivity index (χ4n) is 1.57. The first-order valence-corrected chi connectivity index (χ1v) is 5.92. The highest BCUT2D eigenvalue weighted by Crippen LogP contribution is 2.11. The molecule has 0 aromatic rings. The molecule has 0 aromatic heterocycles. The maximum Gasteiger partial charge on any atom is 0.0618 e. The second-order valence-electron chi connectivity index (χ2n) is 4.65. The van der Waals surface area contributed by atoms with Crippen LogP contribution in [0.5, 0.6) is 0 Å². The van der Waals surface area contributed by atoms with E-state index in [0.29, 0.717) is 24.5 Å². The van der Waals surface area contributed by atoms with E-state index in [4.69, 9.17) is 4.74 Å². The molecule has 0 radical (unpaired) electrons. The van der Waals surface area contributed by atoms with E-state index in [1.807, 2.05) is 0 Å². The minimum atomic E-state index is 0.178. The maximum atomic E-state index is 9.32. The lowest BCUT2D eigenvalue weighted by atomic mass is 9.96. The van der Waals surface area contributed by atoms with E-state index in [2.05, 4.69) is 33.0 Å². The summed E-state index contributed by atoms with van der Waals surface area (Å²) in [6.45, 7) is 9.55. The molecule has 0 aliphatic rings. The van der Waals surface area contributed by atoms with Gasteiger partial charge in [0.25, 0.3) is 0 Å². The van der Waals surface area contributed by atoms with Crippen LogP contribution < -0.4 is 5.32 Å². The van der Waals surface area contributed by atoms with Gasteiger partial charge < -0.3 is 15.2 Å². The van der Waals surface area contributed by atoms with Gasteiger partial charge in [0.2, 0.25) is 0 Å². The Balaban J connectivity index is 4.21. The van der Waals surface area contributed by atoms with Crippen LogP contribution in [0.25, 0.3) is 0 Å². The molecule has 3 unspecified atom stereocenters. The molecule has 0 heterocycles. The molecule has 3 nitrogen and oxygen atoms in total.